The highest BCUT2D eigenvalue weighted by molar-refractivity contribution is 5.85. The maximum atomic E-state index is 9.99. The Bertz CT molecular complexity index is 542. The molecule has 0 bridgehead atoms. The highest BCUT2D eigenvalue weighted by Gasteiger charge is 2.37. The molecule has 0 aliphatic carbocycles. The number of piperidine rings is 1. The molecule has 0 unspecified atom stereocenters. The van der Waals surface area contributed by atoms with E-state index in [9.17, 15) is 5.11 Å². The lowest BCUT2D eigenvalue weighted by Gasteiger charge is -2.46. The molecular weight excluding hydrogens is 347 g/mol. The van der Waals surface area contributed by atoms with Crippen LogP contribution in [0.4, 0.5) is 0 Å². The molecular formula is C18H30Cl2N2O2. The Balaban J connectivity index is 0.00000144. The molecule has 1 aromatic rings. The highest BCUT2D eigenvalue weighted by Crippen LogP contribution is 2.42. The number of nitrogens with two attached hydrogens (primary N) is 1. The van der Waals surface area contributed by atoms with E-state index in [1.165, 1.54) is 30.4 Å². The number of nitrogens with zero attached hydrogens (tertiary/aromatic N) is 1. The van der Waals surface area contributed by atoms with Crippen LogP contribution >= 0.6 is 24.8 Å². The first-order valence-electron chi connectivity index (χ1n) is 8.53. The number of halogens is 2. The number of benzene rings is 1. The van der Waals surface area contributed by atoms with Crippen LogP contribution in [-0.4, -0.2) is 36.2 Å². The molecule has 3 atom stereocenters. The Morgan fingerprint density at radius 2 is 2.08 bits per heavy atom. The fraction of sp³-hybridized carbons (Fsp3) is 0.667. The van der Waals surface area contributed by atoms with Crippen molar-refractivity contribution in [2.45, 2.75) is 51.1 Å². The first-order chi connectivity index (χ1) is 10.6. The molecule has 1 aromatic carbocycles. The molecule has 0 saturated carbocycles. The molecule has 1 fully saturated rings. The number of hydrogen-bond acceptors (Lipinski definition) is 4. The van der Waals surface area contributed by atoms with Gasteiger partial charge >= 0.3 is 0 Å². The van der Waals surface area contributed by atoms with Crippen molar-refractivity contribution in [2.75, 3.05) is 20.2 Å². The van der Waals surface area contributed by atoms with E-state index < -0.39 is 0 Å². The Hall–Kier alpha value is -0.680. The largest absolute Gasteiger partial charge is 0.504 e. The van der Waals surface area contributed by atoms with Crippen molar-refractivity contribution in [2.24, 2.45) is 11.7 Å². The third kappa shape index (κ3) is 4.10. The van der Waals surface area contributed by atoms with Crippen molar-refractivity contribution < 1.29 is 9.84 Å². The molecule has 4 nitrogen and oxygen atoms in total. The number of phenolic OH excluding ortho intramolecular Hbond substituents is 1. The van der Waals surface area contributed by atoms with Crippen molar-refractivity contribution in [1.29, 1.82) is 0 Å². The van der Waals surface area contributed by atoms with E-state index in [1.807, 2.05) is 12.1 Å². The number of rotatable bonds is 4. The van der Waals surface area contributed by atoms with Gasteiger partial charge in [-0.2, -0.15) is 0 Å². The maximum absolute atomic E-state index is 9.99. The second-order valence-corrected chi connectivity index (χ2v) is 6.79. The summed E-state index contributed by atoms with van der Waals surface area (Å²) in [6.45, 7) is 4.42. The standard InChI is InChI=1S/C18H28N2O2.2ClH/c1-3-4-5-13-11-20-7-6-12-8-17(21)18(22-2)9-14(12)16(20)10-15(13)19;;/h8-9,13,15-16,21H,3-7,10-11,19H2,1-2H3;2*1H/t13-,15+,16-;;/m1../s1. The van der Waals surface area contributed by atoms with Crippen molar-refractivity contribution >= 4 is 24.8 Å². The first kappa shape index (κ1) is 21.4. The molecule has 2 heterocycles. The summed E-state index contributed by atoms with van der Waals surface area (Å²) in [5.41, 5.74) is 9.02. The van der Waals surface area contributed by atoms with Crippen LogP contribution < -0.4 is 10.5 Å². The zero-order valence-electron chi connectivity index (χ0n) is 14.5. The Morgan fingerprint density at radius 3 is 2.75 bits per heavy atom. The molecule has 138 valence electrons. The number of fused-ring (bicyclic) bond motifs is 3. The van der Waals surface area contributed by atoms with Crippen LogP contribution in [0.1, 0.15) is 49.8 Å². The summed E-state index contributed by atoms with van der Waals surface area (Å²) < 4.78 is 5.29. The third-order valence-corrected chi connectivity index (χ3v) is 5.41. The minimum absolute atomic E-state index is 0. The molecule has 3 rings (SSSR count). The zero-order chi connectivity index (χ0) is 15.7. The van der Waals surface area contributed by atoms with Crippen LogP contribution in [-0.2, 0) is 6.42 Å². The maximum Gasteiger partial charge on any atom is 0.160 e. The lowest BCUT2D eigenvalue weighted by atomic mass is 9.79. The van der Waals surface area contributed by atoms with Crippen molar-refractivity contribution in [3.8, 4) is 11.5 Å². The number of aromatic hydroxyl groups is 1. The van der Waals surface area contributed by atoms with Gasteiger partial charge in [-0.15, -0.1) is 24.8 Å². The van der Waals surface area contributed by atoms with E-state index in [0.717, 1.165) is 25.9 Å². The SMILES string of the molecule is CCCC[C@@H]1CN2CCc3cc(O)c(OC)cc3[C@H]2C[C@@H]1N.Cl.Cl. The van der Waals surface area contributed by atoms with E-state index in [4.69, 9.17) is 10.5 Å². The van der Waals surface area contributed by atoms with Gasteiger partial charge in [0.05, 0.1) is 7.11 Å². The van der Waals surface area contributed by atoms with Crippen LogP contribution in [0.3, 0.4) is 0 Å². The van der Waals surface area contributed by atoms with Crippen molar-refractivity contribution in [3.05, 3.63) is 23.3 Å². The molecule has 0 aromatic heterocycles. The lowest BCUT2D eigenvalue weighted by Crippen LogP contribution is -2.50. The molecule has 3 N–H and O–H groups in total. The average molecular weight is 377 g/mol. The van der Waals surface area contributed by atoms with Crippen molar-refractivity contribution in [3.63, 3.8) is 0 Å². The van der Waals surface area contributed by atoms with Crippen LogP contribution in [0.25, 0.3) is 0 Å². The summed E-state index contributed by atoms with van der Waals surface area (Å²) in [5, 5.41) is 9.99. The van der Waals surface area contributed by atoms with Crippen LogP contribution in [0.2, 0.25) is 0 Å². The topological polar surface area (TPSA) is 58.7 Å². The van der Waals surface area contributed by atoms with Gasteiger partial charge in [0, 0.05) is 25.2 Å². The predicted octanol–water partition coefficient (Wildman–Crippen LogP) is 3.68. The number of methoxy groups -OCH3 is 1. The molecule has 1 saturated heterocycles. The molecule has 0 spiro atoms. The van der Waals surface area contributed by atoms with E-state index in [2.05, 4.69) is 11.8 Å². The lowest BCUT2D eigenvalue weighted by molar-refractivity contribution is 0.0783. The van der Waals surface area contributed by atoms with Gasteiger partial charge in [0.2, 0.25) is 0 Å². The Morgan fingerprint density at radius 1 is 1.33 bits per heavy atom. The summed E-state index contributed by atoms with van der Waals surface area (Å²) in [7, 11) is 1.61. The first-order valence-corrected chi connectivity index (χ1v) is 8.53. The monoisotopic (exact) mass is 376 g/mol. The summed E-state index contributed by atoms with van der Waals surface area (Å²) in [4.78, 5) is 2.59. The second-order valence-electron chi connectivity index (χ2n) is 6.79. The fourth-order valence-corrected chi connectivity index (χ4v) is 4.09. The molecule has 2 aliphatic rings. The summed E-state index contributed by atoms with van der Waals surface area (Å²) in [6.07, 6.45) is 5.77. The smallest absolute Gasteiger partial charge is 0.160 e. The van der Waals surface area contributed by atoms with Gasteiger partial charge in [0.15, 0.2) is 11.5 Å². The number of phenols is 1. The van der Waals surface area contributed by atoms with Crippen LogP contribution in [0.15, 0.2) is 12.1 Å². The molecule has 24 heavy (non-hydrogen) atoms. The third-order valence-electron chi connectivity index (χ3n) is 5.41. The van der Waals surface area contributed by atoms with Crippen LogP contribution in [0, 0.1) is 5.92 Å². The minimum atomic E-state index is 0. The van der Waals surface area contributed by atoms with E-state index in [-0.39, 0.29) is 36.6 Å². The number of unbranched alkanes of at least 4 members (excludes halogenated alkanes) is 1. The quantitative estimate of drug-likeness (QED) is 0.841. The number of hydrogen-bond donors (Lipinski definition) is 2. The van der Waals surface area contributed by atoms with Gasteiger partial charge in [-0.25, -0.2) is 0 Å². The molecule has 0 radical (unpaired) electrons. The molecule has 6 heteroatoms. The van der Waals surface area contributed by atoms with Gasteiger partial charge in [-0.1, -0.05) is 19.8 Å². The van der Waals surface area contributed by atoms with Gasteiger partial charge in [0.25, 0.3) is 0 Å². The number of ether oxygens (including phenoxy) is 1. The fourth-order valence-electron chi connectivity index (χ4n) is 4.09. The summed E-state index contributed by atoms with van der Waals surface area (Å²) >= 11 is 0. The average Bonchev–Trinajstić information content (AvgIpc) is 2.52. The van der Waals surface area contributed by atoms with Gasteiger partial charge in [-0.05, 0) is 48.4 Å². The minimum Gasteiger partial charge on any atom is -0.504 e. The Kier molecular flexibility index (Phi) is 8.13. The van der Waals surface area contributed by atoms with E-state index in [0.29, 0.717) is 17.7 Å². The van der Waals surface area contributed by atoms with Gasteiger partial charge in [-0.3, -0.25) is 4.90 Å². The predicted molar refractivity (Wildman–Crippen MR) is 103 cm³/mol. The van der Waals surface area contributed by atoms with Crippen LogP contribution in [0.5, 0.6) is 11.5 Å². The highest BCUT2D eigenvalue weighted by atomic mass is 35.5. The summed E-state index contributed by atoms with van der Waals surface area (Å²) in [5.74, 6) is 1.44. The van der Waals surface area contributed by atoms with E-state index in [1.54, 1.807) is 7.11 Å². The normalized spacial score (nSPS) is 25.7. The van der Waals surface area contributed by atoms with E-state index >= 15 is 0 Å². The zero-order valence-corrected chi connectivity index (χ0v) is 16.2. The van der Waals surface area contributed by atoms with Crippen molar-refractivity contribution in [1.82, 2.24) is 4.90 Å². The van der Waals surface area contributed by atoms with Gasteiger partial charge < -0.3 is 15.6 Å². The molecule has 2 aliphatic heterocycles. The molecule has 0 amide bonds. The van der Waals surface area contributed by atoms with Gasteiger partial charge in [0.1, 0.15) is 0 Å². The Labute approximate surface area is 157 Å². The summed E-state index contributed by atoms with van der Waals surface area (Å²) in [6, 6.07) is 4.55. The second kappa shape index (κ2) is 9.14.